The smallest absolute Gasteiger partial charge is 0.244 e. The molecule has 0 heterocycles. The van der Waals surface area contributed by atoms with Gasteiger partial charge in [-0.3, -0.25) is 13.9 Å². The summed E-state index contributed by atoms with van der Waals surface area (Å²) in [6, 6.07) is 12.0. The molecule has 0 spiro atoms. The summed E-state index contributed by atoms with van der Waals surface area (Å²) in [6.45, 7) is 5.17. The van der Waals surface area contributed by atoms with Gasteiger partial charge in [-0.2, -0.15) is 0 Å². The molecule has 2 amide bonds. The first-order valence-electron chi connectivity index (χ1n) is 12.3. The standard InChI is InChI=1S/C27H36ClN3O4S/c1-19-9-8-10-22(15-19)17-30(21(3)27(33)29-24-11-6-5-7-12-24)26(32)18-31(36(4,34)35)25-16-23(28)14-13-20(25)2/h8-10,13-16,21,24H,5-7,11-12,17-18H2,1-4H3,(H,29,33). The average molecular weight is 534 g/mol. The summed E-state index contributed by atoms with van der Waals surface area (Å²) in [5, 5.41) is 3.47. The van der Waals surface area contributed by atoms with E-state index in [1.54, 1.807) is 26.0 Å². The van der Waals surface area contributed by atoms with Crippen molar-refractivity contribution < 1.29 is 18.0 Å². The van der Waals surface area contributed by atoms with Gasteiger partial charge in [0.2, 0.25) is 21.8 Å². The van der Waals surface area contributed by atoms with E-state index < -0.39 is 28.5 Å². The second kappa shape index (κ2) is 12.1. The first kappa shape index (κ1) is 28.0. The van der Waals surface area contributed by atoms with E-state index in [1.807, 2.05) is 31.2 Å². The van der Waals surface area contributed by atoms with Gasteiger partial charge >= 0.3 is 0 Å². The number of hydrogen-bond acceptors (Lipinski definition) is 4. The molecule has 1 unspecified atom stereocenters. The van der Waals surface area contributed by atoms with Crippen LogP contribution in [0.3, 0.4) is 0 Å². The number of sulfonamides is 1. The molecule has 1 N–H and O–H groups in total. The van der Waals surface area contributed by atoms with E-state index >= 15 is 0 Å². The van der Waals surface area contributed by atoms with Crippen molar-refractivity contribution in [3.8, 4) is 0 Å². The van der Waals surface area contributed by atoms with Crippen molar-refractivity contribution >= 4 is 39.1 Å². The maximum Gasteiger partial charge on any atom is 0.244 e. The molecule has 0 aliphatic heterocycles. The van der Waals surface area contributed by atoms with E-state index in [0.717, 1.165) is 47.4 Å². The highest BCUT2D eigenvalue weighted by atomic mass is 35.5. The predicted molar refractivity (Wildman–Crippen MR) is 145 cm³/mol. The van der Waals surface area contributed by atoms with E-state index in [1.165, 1.54) is 17.4 Å². The topological polar surface area (TPSA) is 86.8 Å². The molecule has 3 rings (SSSR count). The van der Waals surface area contributed by atoms with Gasteiger partial charge in [0.15, 0.2) is 0 Å². The molecule has 2 aromatic rings. The Morgan fingerprint density at radius 3 is 2.42 bits per heavy atom. The number of rotatable bonds is 9. The predicted octanol–water partition coefficient (Wildman–Crippen LogP) is 4.59. The Morgan fingerprint density at radius 1 is 1.08 bits per heavy atom. The summed E-state index contributed by atoms with van der Waals surface area (Å²) >= 11 is 6.15. The second-order valence-electron chi connectivity index (χ2n) is 9.73. The monoisotopic (exact) mass is 533 g/mol. The van der Waals surface area contributed by atoms with Crippen LogP contribution in [0.4, 0.5) is 5.69 Å². The zero-order chi connectivity index (χ0) is 26.5. The van der Waals surface area contributed by atoms with Crippen molar-refractivity contribution in [2.75, 3.05) is 17.1 Å². The van der Waals surface area contributed by atoms with Gasteiger partial charge in [0.25, 0.3) is 0 Å². The molecule has 7 nitrogen and oxygen atoms in total. The first-order valence-corrected chi connectivity index (χ1v) is 14.6. The Hall–Kier alpha value is -2.58. The van der Waals surface area contributed by atoms with E-state index in [-0.39, 0.29) is 18.5 Å². The Morgan fingerprint density at radius 2 is 1.78 bits per heavy atom. The van der Waals surface area contributed by atoms with Crippen LogP contribution in [-0.2, 0) is 26.2 Å². The lowest BCUT2D eigenvalue weighted by atomic mass is 9.95. The molecule has 196 valence electrons. The summed E-state index contributed by atoms with van der Waals surface area (Å²) in [5.41, 5.74) is 2.91. The Balaban J connectivity index is 1.90. The van der Waals surface area contributed by atoms with Crippen LogP contribution in [0.15, 0.2) is 42.5 Å². The molecule has 0 radical (unpaired) electrons. The fourth-order valence-electron chi connectivity index (χ4n) is 4.60. The van der Waals surface area contributed by atoms with Gasteiger partial charge in [-0.15, -0.1) is 0 Å². The number of amides is 2. The molecule has 0 saturated heterocycles. The number of nitrogens with zero attached hydrogens (tertiary/aromatic N) is 2. The van der Waals surface area contributed by atoms with Crippen LogP contribution in [0, 0.1) is 13.8 Å². The molecule has 2 aromatic carbocycles. The summed E-state index contributed by atoms with van der Waals surface area (Å²) in [5.74, 6) is -0.694. The van der Waals surface area contributed by atoms with E-state index in [2.05, 4.69) is 5.32 Å². The number of carbonyl (C=O) groups is 2. The fourth-order valence-corrected chi connectivity index (χ4v) is 5.67. The average Bonchev–Trinajstić information content (AvgIpc) is 2.82. The maximum atomic E-state index is 13.7. The van der Waals surface area contributed by atoms with Crippen molar-refractivity contribution in [2.45, 2.75) is 71.5 Å². The first-order chi connectivity index (χ1) is 17.0. The highest BCUT2D eigenvalue weighted by Crippen LogP contribution is 2.27. The van der Waals surface area contributed by atoms with Gasteiger partial charge in [-0.05, 0) is 56.9 Å². The van der Waals surface area contributed by atoms with Crippen molar-refractivity contribution in [3.05, 3.63) is 64.2 Å². The number of hydrogen-bond donors (Lipinski definition) is 1. The highest BCUT2D eigenvalue weighted by molar-refractivity contribution is 7.92. The SMILES string of the molecule is Cc1cccc(CN(C(=O)CN(c2cc(Cl)ccc2C)S(C)(=O)=O)C(C)C(=O)NC2CCCCC2)c1. The maximum absolute atomic E-state index is 13.7. The molecule has 1 atom stereocenters. The summed E-state index contributed by atoms with van der Waals surface area (Å²) < 4.78 is 26.6. The summed E-state index contributed by atoms with van der Waals surface area (Å²) in [6.07, 6.45) is 6.25. The van der Waals surface area contributed by atoms with E-state index in [9.17, 15) is 18.0 Å². The summed E-state index contributed by atoms with van der Waals surface area (Å²) in [7, 11) is -3.81. The molecule has 9 heteroatoms. The highest BCUT2D eigenvalue weighted by Gasteiger charge is 2.31. The molecule has 1 saturated carbocycles. The van der Waals surface area contributed by atoms with Crippen LogP contribution in [0.1, 0.15) is 55.7 Å². The molecular formula is C27H36ClN3O4S. The van der Waals surface area contributed by atoms with E-state index in [4.69, 9.17) is 11.6 Å². The second-order valence-corrected chi connectivity index (χ2v) is 12.1. The zero-order valence-corrected chi connectivity index (χ0v) is 23.0. The molecule has 1 aliphatic carbocycles. The van der Waals surface area contributed by atoms with Crippen molar-refractivity contribution in [3.63, 3.8) is 0 Å². The van der Waals surface area contributed by atoms with Gasteiger partial charge in [0.1, 0.15) is 12.6 Å². The van der Waals surface area contributed by atoms with Gasteiger partial charge in [0, 0.05) is 17.6 Å². The molecule has 1 fully saturated rings. The fraction of sp³-hybridized carbons (Fsp3) is 0.481. The lowest BCUT2D eigenvalue weighted by Crippen LogP contribution is -2.53. The van der Waals surface area contributed by atoms with Crippen LogP contribution < -0.4 is 9.62 Å². The lowest BCUT2D eigenvalue weighted by molar-refractivity contribution is -0.139. The van der Waals surface area contributed by atoms with Crippen LogP contribution >= 0.6 is 11.6 Å². The van der Waals surface area contributed by atoms with Crippen LogP contribution in [-0.4, -0.2) is 50.0 Å². The van der Waals surface area contributed by atoms with Crippen molar-refractivity contribution in [1.29, 1.82) is 0 Å². The largest absolute Gasteiger partial charge is 0.352 e. The van der Waals surface area contributed by atoms with E-state index in [0.29, 0.717) is 16.3 Å². The quantitative estimate of drug-likeness (QED) is 0.511. The van der Waals surface area contributed by atoms with Crippen LogP contribution in [0.5, 0.6) is 0 Å². The molecular weight excluding hydrogens is 498 g/mol. The third-order valence-corrected chi connectivity index (χ3v) is 8.03. The van der Waals surface area contributed by atoms with Gasteiger partial charge in [0.05, 0.1) is 11.9 Å². The zero-order valence-electron chi connectivity index (χ0n) is 21.5. The Labute approximate surface area is 219 Å². The van der Waals surface area contributed by atoms with Gasteiger partial charge < -0.3 is 10.2 Å². The third kappa shape index (κ3) is 7.46. The number of benzene rings is 2. The number of anilines is 1. The van der Waals surface area contributed by atoms with Crippen molar-refractivity contribution in [1.82, 2.24) is 10.2 Å². The summed E-state index contributed by atoms with van der Waals surface area (Å²) in [4.78, 5) is 28.4. The Bertz CT molecular complexity index is 1200. The minimum absolute atomic E-state index is 0.103. The molecule has 0 bridgehead atoms. The Kier molecular flexibility index (Phi) is 9.41. The third-order valence-electron chi connectivity index (χ3n) is 6.67. The number of nitrogens with one attached hydrogen (secondary N) is 1. The van der Waals surface area contributed by atoms with Gasteiger partial charge in [-0.25, -0.2) is 8.42 Å². The van der Waals surface area contributed by atoms with Crippen molar-refractivity contribution in [2.24, 2.45) is 0 Å². The molecule has 36 heavy (non-hydrogen) atoms. The number of carbonyl (C=O) groups excluding carboxylic acids is 2. The van der Waals surface area contributed by atoms with Crippen LogP contribution in [0.25, 0.3) is 0 Å². The number of halogens is 1. The minimum atomic E-state index is -3.81. The van der Waals surface area contributed by atoms with Gasteiger partial charge in [-0.1, -0.05) is 66.8 Å². The van der Waals surface area contributed by atoms with Crippen LogP contribution in [0.2, 0.25) is 5.02 Å². The molecule has 1 aliphatic rings. The normalized spacial score (nSPS) is 15.2. The molecule has 0 aromatic heterocycles. The number of aryl methyl sites for hydroxylation is 2. The minimum Gasteiger partial charge on any atom is -0.352 e. The lowest BCUT2D eigenvalue weighted by Gasteiger charge is -2.33.